The zero-order valence-corrected chi connectivity index (χ0v) is 35.7. The molecule has 8 rings (SSSR count). The molecule has 0 radical (unpaired) electrons. The topological polar surface area (TPSA) is 193 Å². The molecule has 6 atom stereocenters. The van der Waals surface area contributed by atoms with Gasteiger partial charge in [-0.25, -0.2) is 19.6 Å². The number of fused-ring (bicyclic) bond motifs is 3. The van der Waals surface area contributed by atoms with Gasteiger partial charge in [0, 0.05) is 27.3 Å². The number of carbonyl (C=O) groups excluding carboxylic acids is 4. The molecule has 0 aliphatic carbocycles. The molecule has 4 aromatic carbocycles. The Morgan fingerprint density at radius 1 is 0.597 bits per heavy atom. The van der Waals surface area contributed by atoms with Crippen molar-refractivity contribution in [1.82, 2.24) is 40.4 Å². The van der Waals surface area contributed by atoms with Crippen molar-refractivity contribution in [3.8, 4) is 22.3 Å². The Morgan fingerprint density at radius 2 is 0.984 bits per heavy atom. The fraction of sp³-hybridized carbons (Fsp3) is 0.391. The van der Waals surface area contributed by atoms with E-state index in [-0.39, 0.29) is 23.9 Å². The molecule has 2 fully saturated rings. The number of aromatic nitrogens is 4. The highest BCUT2D eigenvalue weighted by Crippen LogP contribution is 2.36. The second-order valence-corrected chi connectivity index (χ2v) is 16.0. The van der Waals surface area contributed by atoms with Crippen LogP contribution < -0.4 is 10.6 Å². The Kier molecular flexibility index (Phi) is 12.1. The molecule has 6 aromatic rings. The molecular weight excluding hydrogens is 793 g/mol. The molecule has 4 amide bonds. The smallest absolute Gasteiger partial charge is 0.407 e. The number of hydrogen-bond acceptors (Lipinski definition) is 10. The molecule has 4 N–H and O–H groups in total. The van der Waals surface area contributed by atoms with Crippen molar-refractivity contribution in [2.24, 2.45) is 0 Å². The van der Waals surface area contributed by atoms with Gasteiger partial charge >= 0.3 is 12.2 Å². The average Bonchev–Trinajstić information content (AvgIpc) is 4.14. The maximum Gasteiger partial charge on any atom is 0.407 e. The largest absolute Gasteiger partial charge is 0.453 e. The standard InChI is InChI=1S/C46H52N8O8/c1-25(59-3)39(51-45(57)61-5)43(55)53-19-7-9-37(53)41-47-33-17-15-31(23-35(33)49-41)29-13-11-28-22-30(14-12-27(28)21-29)32-16-18-34-36(24-32)50-42(48-34)38-10-8-20-54(38)44(56)40(26(2)60-4)52-46(58)62-6/h11-18,21-26,37-40H,7-10,19-20H2,1-6H3,(H,47,49)(H,48,50)(H,51,57)(H,52,58)/t25-,26-,37+,38+,39+,40?/m1/s1. The molecule has 0 spiro atoms. The monoisotopic (exact) mass is 844 g/mol. The van der Waals surface area contributed by atoms with E-state index >= 15 is 0 Å². The average molecular weight is 845 g/mol. The number of ether oxygens (including phenoxy) is 4. The predicted octanol–water partition coefficient (Wildman–Crippen LogP) is 6.77. The number of amides is 4. The summed E-state index contributed by atoms with van der Waals surface area (Å²) in [5, 5.41) is 7.46. The summed E-state index contributed by atoms with van der Waals surface area (Å²) in [6, 6.07) is 22.8. The van der Waals surface area contributed by atoms with Gasteiger partial charge in [-0.15, -0.1) is 0 Å². The summed E-state index contributed by atoms with van der Waals surface area (Å²) in [5.41, 5.74) is 7.51. The first-order valence-electron chi connectivity index (χ1n) is 20.9. The van der Waals surface area contributed by atoms with Gasteiger partial charge in [-0.3, -0.25) is 9.59 Å². The molecule has 4 heterocycles. The van der Waals surface area contributed by atoms with Crippen LogP contribution in [0.25, 0.3) is 55.1 Å². The number of imidazole rings is 2. The van der Waals surface area contributed by atoms with E-state index in [2.05, 4.69) is 81.3 Å². The molecule has 0 bridgehead atoms. The lowest BCUT2D eigenvalue weighted by atomic mass is 9.97. The van der Waals surface area contributed by atoms with E-state index < -0.39 is 36.5 Å². The zero-order valence-electron chi connectivity index (χ0n) is 35.7. The minimum atomic E-state index is -0.903. The minimum Gasteiger partial charge on any atom is -0.453 e. The third-order valence-corrected chi connectivity index (χ3v) is 12.3. The van der Waals surface area contributed by atoms with Crippen LogP contribution in [-0.4, -0.2) is 120 Å². The highest BCUT2D eigenvalue weighted by molar-refractivity contribution is 5.93. The Balaban J connectivity index is 0.992. The first kappa shape index (κ1) is 42.2. The molecule has 62 heavy (non-hydrogen) atoms. The SMILES string of the molecule is COC(=O)NC(C(=O)N1CCC[C@H]1c1nc2ccc(-c3ccc4cc(-c5ccc6nc([C@@H]7CCCN7C(=O)[C@@H](NC(=O)OC)[C@@H](C)OC)[nH]c6c5)ccc4c3)cc2[nH]1)[C@@H](C)OC. The lowest BCUT2D eigenvalue weighted by Crippen LogP contribution is -2.54. The number of rotatable bonds is 12. The van der Waals surface area contributed by atoms with Gasteiger partial charge in [0.05, 0.1) is 60.6 Å². The van der Waals surface area contributed by atoms with Crippen LogP contribution in [0.4, 0.5) is 9.59 Å². The summed E-state index contributed by atoms with van der Waals surface area (Å²) in [7, 11) is 5.53. The van der Waals surface area contributed by atoms with E-state index in [4.69, 9.17) is 28.9 Å². The molecule has 2 aliphatic rings. The van der Waals surface area contributed by atoms with Crippen LogP contribution in [0, 0.1) is 0 Å². The number of aromatic amines is 2. The van der Waals surface area contributed by atoms with Gasteiger partial charge in [-0.1, -0.05) is 36.4 Å². The number of carbonyl (C=O) groups is 4. The summed E-state index contributed by atoms with van der Waals surface area (Å²) in [6.45, 7) is 4.56. The molecular formula is C46H52N8O8. The van der Waals surface area contributed by atoms with Crippen molar-refractivity contribution in [1.29, 1.82) is 0 Å². The van der Waals surface area contributed by atoms with E-state index in [0.29, 0.717) is 24.7 Å². The van der Waals surface area contributed by atoms with E-state index in [1.54, 1.807) is 23.6 Å². The Hall–Kier alpha value is -6.52. The lowest BCUT2D eigenvalue weighted by Gasteiger charge is -2.30. The molecule has 1 unspecified atom stereocenters. The third-order valence-electron chi connectivity index (χ3n) is 12.3. The van der Waals surface area contributed by atoms with Gasteiger partial charge in [0.15, 0.2) is 0 Å². The maximum absolute atomic E-state index is 13.7. The van der Waals surface area contributed by atoms with Crippen molar-refractivity contribution in [2.75, 3.05) is 41.5 Å². The summed E-state index contributed by atoms with van der Waals surface area (Å²) in [5.74, 6) is 0.910. The number of H-pyrrole nitrogens is 2. The van der Waals surface area contributed by atoms with Crippen molar-refractivity contribution in [3.63, 3.8) is 0 Å². The van der Waals surface area contributed by atoms with Gasteiger partial charge in [-0.2, -0.15) is 0 Å². The number of benzene rings is 4. The lowest BCUT2D eigenvalue weighted by molar-refractivity contribution is -0.138. The quantitative estimate of drug-likeness (QED) is 0.102. The molecule has 16 nitrogen and oxygen atoms in total. The van der Waals surface area contributed by atoms with Crippen LogP contribution >= 0.6 is 0 Å². The van der Waals surface area contributed by atoms with Gasteiger partial charge in [0.2, 0.25) is 11.8 Å². The van der Waals surface area contributed by atoms with Crippen LogP contribution in [0.2, 0.25) is 0 Å². The highest BCUT2D eigenvalue weighted by Gasteiger charge is 2.40. The van der Waals surface area contributed by atoms with Crippen LogP contribution in [0.1, 0.15) is 63.3 Å². The number of likely N-dealkylation sites (tertiary alicyclic amines) is 2. The van der Waals surface area contributed by atoms with E-state index in [9.17, 15) is 19.2 Å². The molecule has 2 aromatic heterocycles. The maximum atomic E-state index is 13.7. The summed E-state index contributed by atoms with van der Waals surface area (Å²) in [4.78, 5) is 71.9. The molecule has 0 saturated carbocycles. The number of alkyl carbamates (subject to hydrolysis) is 2. The Labute approximate surface area is 358 Å². The van der Waals surface area contributed by atoms with Gasteiger partial charge in [0.1, 0.15) is 23.7 Å². The molecule has 324 valence electrons. The fourth-order valence-corrected chi connectivity index (χ4v) is 8.73. The van der Waals surface area contributed by atoms with Crippen molar-refractivity contribution < 1.29 is 38.1 Å². The summed E-state index contributed by atoms with van der Waals surface area (Å²) >= 11 is 0. The number of nitrogens with one attached hydrogen (secondary N) is 4. The summed E-state index contributed by atoms with van der Waals surface area (Å²) in [6.07, 6.45) is 0.585. The fourth-order valence-electron chi connectivity index (χ4n) is 8.73. The first-order valence-corrected chi connectivity index (χ1v) is 20.9. The molecule has 2 aliphatic heterocycles. The highest BCUT2D eigenvalue weighted by atomic mass is 16.5. The predicted molar refractivity (Wildman–Crippen MR) is 233 cm³/mol. The van der Waals surface area contributed by atoms with Crippen LogP contribution in [-0.2, 0) is 28.5 Å². The normalized spacial score (nSPS) is 18.5. The van der Waals surface area contributed by atoms with Gasteiger partial charge in [-0.05, 0) is 109 Å². The Morgan fingerprint density at radius 3 is 1.37 bits per heavy atom. The van der Waals surface area contributed by atoms with Crippen molar-refractivity contribution in [3.05, 3.63) is 84.4 Å². The number of methoxy groups -OCH3 is 4. The number of hydrogen-bond donors (Lipinski definition) is 4. The first-order chi connectivity index (χ1) is 30.0. The van der Waals surface area contributed by atoms with E-state index in [0.717, 1.165) is 80.8 Å². The van der Waals surface area contributed by atoms with Crippen LogP contribution in [0.5, 0.6) is 0 Å². The Bertz CT molecular complexity index is 2460. The molecule has 16 heteroatoms. The van der Waals surface area contributed by atoms with E-state index in [1.165, 1.54) is 28.4 Å². The van der Waals surface area contributed by atoms with E-state index in [1.807, 2.05) is 12.1 Å². The molecule has 2 saturated heterocycles. The van der Waals surface area contributed by atoms with Crippen molar-refractivity contribution >= 4 is 56.8 Å². The van der Waals surface area contributed by atoms with Gasteiger partial charge < -0.3 is 49.3 Å². The van der Waals surface area contributed by atoms with Crippen LogP contribution in [0.15, 0.2) is 72.8 Å². The van der Waals surface area contributed by atoms with Crippen LogP contribution in [0.3, 0.4) is 0 Å². The van der Waals surface area contributed by atoms with Gasteiger partial charge in [0.25, 0.3) is 0 Å². The number of nitrogens with zero attached hydrogens (tertiary/aromatic N) is 4. The second-order valence-electron chi connectivity index (χ2n) is 16.0. The second kappa shape index (κ2) is 17.8. The summed E-state index contributed by atoms with van der Waals surface area (Å²) < 4.78 is 20.4. The third kappa shape index (κ3) is 8.27. The zero-order chi connectivity index (χ0) is 43.7. The van der Waals surface area contributed by atoms with Crippen molar-refractivity contribution in [2.45, 2.75) is 75.9 Å². The minimum absolute atomic E-state index is 0.246.